The number of aryl methyl sites for hydroxylation is 4. The highest BCUT2D eigenvalue weighted by Crippen LogP contribution is 2.36. The van der Waals surface area contributed by atoms with Crippen LogP contribution < -0.4 is 15.4 Å². The number of anilines is 2. The van der Waals surface area contributed by atoms with Gasteiger partial charge in [0, 0.05) is 72.4 Å². The molecular formula is C46H51ClF6N8O2. The quantitative estimate of drug-likeness (QED) is 0.117. The van der Waals surface area contributed by atoms with E-state index in [-0.39, 0.29) is 62.6 Å². The van der Waals surface area contributed by atoms with Crippen LogP contribution in [0.1, 0.15) is 85.3 Å². The fourth-order valence-corrected chi connectivity index (χ4v) is 7.47. The lowest BCUT2D eigenvalue weighted by molar-refractivity contribution is -0.0366. The van der Waals surface area contributed by atoms with E-state index in [4.69, 9.17) is 21.4 Å². The summed E-state index contributed by atoms with van der Waals surface area (Å²) < 4.78 is 88.1. The van der Waals surface area contributed by atoms with E-state index in [1.165, 1.54) is 24.3 Å². The first-order valence-electron chi connectivity index (χ1n) is 20.7. The third kappa shape index (κ3) is 13.9. The zero-order valence-electron chi connectivity index (χ0n) is 35.5. The monoisotopic (exact) mass is 896 g/mol. The molecule has 3 N–H and O–H groups in total. The number of hydrogen-bond acceptors (Lipinski definition) is 8. The summed E-state index contributed by atoms with van der Waals surface area (Å²) in [5, 5.41) is 24.4. The number of aliphatic hydroxyl groups excluding tert-OH is 1. The molecule has 0 bridgehead atoms. The number of ether oxygens (including phenoxy) is 1. The van der Waals surface area contributed by atoms with E-state index in [0.29, 0.717) is 59.7 Å². The van der Waals surface area contributed by atoms with Crippen molar-refractivity contribution in [1.82, 2.24) is 29.5 Å². The predicted molar refractivity (Wildman–Crippen MR) is 231 cm³/mol. The van der Waals surface area contributed by atoms with Gasteiger partial charge in [-0.3, -0.25) is 0 Å². The van der Waals surface area contributed by atoms with Gasteiger partial charge in [-0.05, 0) is 107 Å². The molecule has 2 fully saturated rings. The molecule has 63 heavy (non-hydrogen) atoms. The van der Waals surface area contributed by atoms with Crippen LogP contribution >= 0.6 is 11.6 Å². The molecule has 0 spiro atoms. The average Bonchev–Trinajstić information content (AvgIpc) is 3.77. The predicted octanol–water partition coefficient (Wildman–Crippen LogP) is 11.4. The molecule has 8 rings (SSSR count). The highest BCUT2D eigenvalue weighted by molar-refractivity contribution is 6.31. The summed E-state index contributed by atoms with van der Waals surface area (Å²) in [6.45, 7) is 7.92. The van der Waals surface area contributed by atoms with Gasteiger partial charge in [-0.2, -0.15) is 10.2 Å². The van der Waals surface area contributed by atoms with Gasteiger partial charge < -0.3 is 20.5 Å². The van der Waals surface area contributed by atoms with Gasteiger partial charge in [0.25, 0.3) is 0 Å². The molecule has 0 saturated heterocycles. The molecule has 0 unspecified atom stereocenters. The molecule has 6 aromatic rings. The van der Waals surface area contributed by atoms with Crippen molar-refractivity contribution in [2.24, 2.45) is 0 Å². The standard InChI is InChI=1S/C23H25F3N4O.C16H19ClF2N4.C7H7FO/c1-15-11-16(2)30(29-15)22-13-20(31-14-17-3-5-18(24)6-4-17)12-21(28-22)27-19-7-9-23(25,26)10-8-19;1-10-7-11(2)23(22-10)15-9-12(17)8-14(21-15)20-13-3-5-16(18,19)6-4-13;8-7-3-1-6(5-9)2-4-7/h3-6,11-13,19H,7-10,14H2,1-2H3,(H,27,28);7-9,13H,3-6H2,1-2H3,(H,20,21);1-4,9H,5H2. The minimum Gasteiger partial charge on any atom is -0.489 e. The number of nitrogens with one attached hydrogen (secondary N) is 2. The molecule has 17 heteroatoms. The largest absolute Gasteiger partial charge is 0.489 e. The molecule has 10 nitrogen and oxygen atoms in total. The maximum atomic E-state index is 13.5. The molecule has 4 aromatic heterocycles. The molecule has 0 aliphatic heterocycles. The van der Waals surface area contributed by atoms with Crippen molar-refractivity contribution >= 4 is 23.2 Å². The highest BCUT2D eigenvalue weighted by Gasteiger charge is 2.36. The Bertz CT molecular complexity index is 2410. The Morgan fingerprint density at radius 3 is 1.49 bits per heavy atom. The van der Waals surface area contributed by atoms with E-state index in [1.54, 1.807) is 57.9 Å². The van der Waals surface area contributed by atoms with Gasteiger partial charge >= 0.3 is 0 Å². The molecule has 0 atom stereocenters. The van der Waals surface area contributed by atoms with Crippen LogP contribution in [0, 0.1) is 39.3 Å². The minimum atomic E-state index is -2.58. The Balaban J connectivity index is 0.000000180. The number of aliphatic hydroxyl groups is 1. The van der Waals surface area contributed by atoms with Crippen LogP contribution in [-0.2, 0) is 13.2 Å². The van der Waals surface area contributed by atoms with Crippen LogP contribution in [0.4, 0.5) is 38.0 Å². The highest BCUT2D eigenvalue weighted by atomic mass is 35.5. The summed E-state index contributed by atoms with van der Waals surface area (Å²) >= 11 is 6.18. The van der Waals surface area contributed by atoms with Gasteiger partial charge in [-0.1, -0.05) is 35.9 Å². The maximum absolute atomic E-state index is 13.5. The number of halogens is 7. The van der Waals surface area contributed by atoms with E-state index in [0.717, 1.165) is 33.9 Å². The van der Waals surface area contributed by atoms with Crippen LogP contribution in [-0.4, -0.2) is 58.6 Å². The second-order valence-corrected chi connectivity index (χ2v) is 16.4. The fourth-order valence-electron chi connectivity index (χ4n) is 7.27. The summed E-state index contributed by atoms with van der Waals surface area (Å²) in [5.74, 6) is -2.79. The van der Waals surface area contributed by atoms with Crippen molar-refractivity contribution in [3.63, 3.8) is 0 Å². The second kappa shape index (κ2) is 20.7. The molecule has 2 aromatic carbocycles. The number of aromatic nitrogens is 6. The molecule has 2 saturated carbocycles. The molecule has 2 aliphatic carbocycles. The molecule has 2 aliphatic rings. The first kappa shape index (κ1) is 46.9. The number of hydrogen-bond donors (Lipinski definition) is 3. The second-order valence-electron chi connectivity index (χ2n) is 16.0. The van der Waals surface area contributed by atoms with Gasteiger partial charge in [0.15, 0.2) is 11.6 Å². The van der Waals surface area contributed by atoms with Crippen LogP contribution in [0.15, 0.2) is 84.9 Å². The minimum absolute atomic E-state index is 0.00565. The van der Waals surface area contributed by atoms with Crippen molar-refractivity contribution in [3.05, 3.63) is 135 Å². The molecule has 336 valence electrons. The van der Waals surface area contributed by atoms with Crippen molar-refractivity contribution in [2.45, 2.75) is 116 Å². The lowest BCUT2D eigenvalue weighted by atomic mass is 9.92. The van der Waals surface area contributed by atoms with E-state index in [2.05, 4.69) is 30.8 Å². The number of benzene rings is 2. The molecule has 0 radical (unpaired) electrons. The normalized spacial score (nSPS) is 16.0. The van der Waals surface area contributed by atoms with Crippen LogP contribution in [0.3, 0.4) is 0 Å². The van der Waals surface area contributed by atoms with E-state index < -0.39 is 11.8 Å². The Morgan fingerprint density at radius 1 is 0.635 bits per heavy atom. The smallest absolute Gasteiger partial charge is 0.248 e. The number of pyridine rings is 2. The average molecular weight is 897 g/mol. The van der Waals surface area contributed by atoms with Gasteiger partial charge in [-0.25, -0.2) is 45.7 Å². The number of nitrogens with zero attached hydrogens (tertiary/aromatic N) is 6. The Morgan fingerprint density at radius 2 is 1.06 bits per heavy atom. The van der Waals surface area contributed by atoms with Gasteiger partial charge in [0.05, 0.1) is 18.0 Å². The SMILES string of the molecule is Cc1cc(C)n(-c2cc(Cl)cc(NC3CCC(F)(F)CC3)n2)n1.Cc1cc(C)n(-c2cc(OCc3ccc(F)cc3)cc(NC3CCC(F)(F)CC3)n2)n1.OCc1ccc(F)cc1. The summed E-state index contributed by atoms with van der Waals surface area (Å²) in [5.41, 5.74) is 5.20. The first-order chi connectivity index (χ1) is 29.9. The zero-order chi connectivity index (χ0) is 45.3. The number of rotatable bonds is 10. The zero-order valence-corrected chi connectivity index (χ0v) is 36.2. The molecular weight excluding hydrogens is 846 g/mol. The van der Waals surface area contributed by atoms with Crippen LogP contribution in [0.5, 0.6) is 5.75 Å². The van der Waals surface area contributed by atoms with Crippen molar-refractivity contribution in [2.75, 3.05) is 10.6 Å². The van der Waals surface area contributed by atoms with Crippen LogP contribution in [0.25, 0.3) is 11.6 Å². The van der Waals surface area contributed by atoms with Crippen molar-refractivity contribution < 1.29 is 36.2 Å². The first-order valence-corrected chi connectivity index (χ1v) is 21.1. The van der Waals surface area contributed by atoms with Crippen molar-refractivity contribution in [3.8, 4) is 17.4 Å². The Kier molecular flexibility index (Phi) is 15.4. The summed E-state index contributed by atoms with van der Waals surface area (Å²) in [6, 6.07) is 22.7. The summed E-state index contributed by atoms with van der Waals surface area (Å²) in [7, 11) is 0. The summed E-state index contributed by atoms with van der Waals surface area (Å²) in [4.78, 5) is 9.17. The lowest BCUT2D eigenvalue weighted by Crippen LogP contribution is -2.32. The van der Waals surface area contributed by atoms with E-state index in [1.807, 2.05) is 39.8 Å². The lowest BCUT2D eigenvalue weighted by Gasteiger charge is -2.29. The topological polar surface area (TPSA) is 115 Å². The molecule has 0 amide bonds. The number of alkyl halides is 4. The fraction of sp³-hybridized carbons (Fsp3) is 0.391. The van der Waals surface area contributed by atoms with E-state index >= 15 is 0 Å². The van der Waals surface area contributed by atoms with Crippen LogP contribution in [0.2, 0.25) is 5.02 Å². The maximum Gasteiger partial charge on any atom is 0.248 e. The Hall–Kier alpha value is -5.61. The Labute approximate surface area is 367 Å². The third-order valence-corrected chi connectivity index (χ3v) is 10.8. The molecule has 4 heterocycles. The van der Waals surface area contributed by atoms with Gasteiger partial charge in [0.2, 0.25) is 11.8 Å². The van der Waals surface area contributed by atoms with Gasteiger partial charge in [0.1, 0.15) is 35.6 Å². The third-order valence-electron chi connectivity index (χ3n) is 10.6. The summed E-state index contributed by atoms with van der Waals surface area (Å²) in [6.07, 6.45) is 1.18. The van der Waals surface area contributed by atoms with Gasteiger partial charge in [-0.15, -0.1) is 0 Å². The van der Waals surface area contributed by atoms with E-state index in [9.17, 15) is 26.3 Å². The van der Waals surface area contributed by atoms with Crippen molar-refractivity contribution in [1.29, 1.82) is 0 Å².